The smallest absolute Gasteiger partial charge is 0.237 e. The summed E-state index contributed by atoms with van der Waals surface area (Å²) in [6.07, 6.45) is 9.67. The number of hydrogen-bond donors (Lipinski definition) is 2. The van der Waals surface area contributed by atoms with Gasteiger partial charge in [-0.05, 0) is 46.1 Å². The third-order valence-corrected chi connectivity index (χ3v) is 5.03. The van der Waals surface area contributed by atoms with Crippen molar-refractivity contribution in [1.29, 1.82) is 0 Å². The van der Waals surface area contributed by atoms with Gasteiger partial charge >= 0.3 is 0 Å². The Hall–Kier alpha value is -0.610. The van der Waals surface area contributed by atoms with Crippen LogP contribution >= 0.6 is 0 Å². The van der Waals surface area contributed by atoms with E-state index < -0.39 is 0 Å². The quantitative estimate of drug-likeness (QED) is 0.829. The van der Waals surface area contributed by atoms with Crippen molar-refractivity contribution in [3.05, 3.63) is 0 Å². The first-order valence-corrected chi connectivity index (χ1v) is 8.41. The molecule has 1 heterocycles. The Bertz CT molecular complexity index is 313. The Morgan fingerprint density at radius 2 is 1.75 bits per heavy atom. The molecule has 1 amide bonds. The monoisotopic (exact) mass is 281 g/mol. The van der Waals surface area contributed by atoms with Gasteiger partial charge in [-0.2, -0.15) is 0 Å². The van der Waals surface area contributed by atoms with Gasteiger partial charge < -0.3 is 11.1 Å². The van der Waals surface area contributed by atoms with Crippen molar-refractivity contribution in [2.75, 3.05) is 6.54 Å². The molecule has 0 spiro atoms. The molecule has 0 aromatic rings. The molecule has 2 rings (SSSR count). The van der Waals surface area contributed by atoms with Crippen LogP contribution in [0.5, 0.6) is 0 Å². The molecule has 2 aliphatic rings. The zero-order valence-corrected chi connectivity index (χ0v) is 13.1. The van der Waals surface area contributed by atoms with Crippen LogP contribution in [0.2, 0.25) is 0 Å². The molecule has 0 aromatic heterocycles. The third-order valence-electron chi connectivity index (χ3n) is 5.03. The number of nitrogens with zero attached hydrogens (tertiary/aromatic N) is 1. The number of carbonyl (C=O) groups is 1. The predicted octanol–water partition coefficient (Wildman–Crippen LogP) is 2.03. The van der Waals surface area contributed by atoms with Crippen LogP contribution in [0.25, 0.3) is 0 Å². The van der Waals surface area contributed by atoms with Gasteiger partial charge in [-0.15, -0.1) is 0 Å². The van der Waals surface area contributed by atoms with Crippen LogP contribution in [0.1, 0.15) is 65.2 Å². The van der Waals surface area contributed by atoms with Gasteiger partial charge in [0.1, 0.15) is 0 Å². The SMILES string of the molecule is CC(N)C1CCCCN1C(C)C(=O)NC1CCCCC1. The highest BCUT2D eigenvalue weighted by Crippen LogP contribution is 2.22. The zero-order valence-electron chi connectivity index (χ0n) is 13.1. The van der Waals surface area contributed by atoms with E-state index in [2.05, 4.69) is 17.1 Å². The standard InChI is InChI=1S/C16H31N3O/c1-12(17)15-10-6-7-11-19(15)13(2)16(20)18-14-8-4-3-5-9-14/h12-15H,3-11,17H2,1-2H3,(H,18,20). The maximum Gasteiger partial charge on any atom is 0.237 e. The first-order valence-electron chi connectivity index (χ1n) is 8.41. The molecule has 3 atom stereocenters. The molecule has 0 aromatic carbocycles. The summed E-state index contributed by atoms with van der Waals surface area (Å²) >= 11 is 0. The molecular formula is C16H31N3O. The number of rotatable bonds is 4. The van der Waals surface area contributed by atoms with Crippen molar-refractivity contribution in [3.63, 3.8) is 0 Å². The minimum Gasteiger partial charge on any atom is -0.352 e. The summed E-state index contributed by atoms with van der Waals surface area (Å²) in [4.78, 5) is 14.8. The van der Waals surface area contributed by atoms with Gasteiger partial charge in [0, 0.05) is 18.1 Å². The second-order valence-corrected chi connectivity index (χ2v) is 6.68. The van der Waals surface area contributed by atoms with E-state index in [1.165, 1.54) is 32.1 Å². The van der Waals surface area contributed by atoms with E-state index in [-0.39, 0.29) is 18.0 Å². The van der Waals surface area contributed by atoms with E-state index in [4.69, 9.17) is 5.73 Å². The average molecular weight is 281 g/mol. The Morgan fingerprint density at radius 1 is 1.10 bits per heavy atom. The number of nitrogens with two attached hydrogens (primary N) is 1. The summed E-state index contributed by atoms with van der Waals surface area (Å²) in [6, 6.07) is 0.849. The van der Waals surface area contributed by atoms with Crippen molar-refractivity contribution in [1.82, 2.24) is 10.2 Å². The lowest BCUT2D eigenvalue weighted by Gasteiger charge is -2.41. The van der Waals surface area contributed by atoms with Crippen molar-refractivity contribution < 1.29 is 4.79 Å². The fraction of sp³-hybridized carbons (Fsp3) is 0.938. The second kappa shape index (κ2) is 7.41. The highest BCUT2D eigenvalue weighted by atomic mass is 16.2. The van der Waals surface area contributed by atoms with Gasteiger partial charge in [0.15, 0.2) is 0 Å². The van der Waals surface area contributed by atoms with Crippen LogP contribution in [0.15, 0.2) is 0 Å². The lowest BCUT2D eigenvalue weighted by Crippen LogP contribution is -2.57. The molecule has 1 aliphatic heterocycles. The second-order valence-electron chi connectivity index (χ2n) is 6.68. The Labute approximate surface area is 123 Å². The number of hydrogen-bond acceptors (Lipinski definition) is 3. The zero-order chi connectivity index (χ0) is 14.5. The van der Waals surface area contributed by atoms with Gasteiger partial charge in [0.2, 0.25) is 5.91 Å². The average Bonchev–Trinajstić information content (AvgIpc) is 2.47. The van der Waals surface area contributed by atoms with Crippen molar-refractivity contribution in [2.45, 2.75) is 89.4 Å². The highest BCUT2D eigenvalue weighted by molar-refractivity contribution is 5.81. The number of likely N-dealkylation sites (tertiary alicyclic amines) is 1. The molecule has 3 N–H and O–H groups in total. The summed E-state index contributed by atoms with van der Waals surface area (Å²) in [7, 11) is 0. The highest BCUT2D eigenvalue weighted by Gasteiger charge is 2.32. The number of nitrogens with one attached hydrogen (secondary N) is 1. The van der Waals surface area contributed by atoms with Crippen molar-refractivity contribution >= 4 is 5.91 Å². The van der Waals surface area contributed by atoms with Crippen LogP contribution in [-0.2, 0) is 4.79 Å². The van der Waals surface area contributed by atoms with Gasteiger partial charge in [0.05, 0.1) is 6.04 Å². The van der Waals surface area contributed by atoms with E-state index in [0.717, 1.165) is 25.8 Å². The van der Waals surface area contributed by atoms with E-state index in [0.29, 0.717) is 12.1 Å². The molecular weight excluding hydrogens is 250 g/mol. The van der Waals surface area contributed by atoms with Crippen LogP contribution in [0, 0.1) is 0 Å². The fourth-order valence-corrected chi connectivity index (χ4v) is 3.74. The Kier molecular flexibility index (Phi) is 5.85. The summed E-state index contributed by atoms with van der Waals surface area (Å²) in [5.74, 6) is 0.199. The normalized spacial score (nSPS) is 28.9. The van der Waals surface area contributed by atoms with Gasteiger partial charge in [-0.3, -0.25) is 9.69 Å². The number of amides is 1. The van der Waals surface area contributed by atoms with Gasteiger partial charge in [-0.1, -0.05) is 25.7 Å². The van der Waals surface area contributed by atoms with E-state index in [9.17, 15) is 4.79 Å². The summed E-state index contributed by atoms with van der Waals surface area (Å²) in [5, 5.41) is 3.25. The predicted molar refractivity (Wildman–Crippen MR) is 82.5 cm³/mol. The largest absolute Gasteiger partial charge is 0.352 e. The van der Waals surface area contributed by atoms with E-state index in [1.54, 1.807) is 0 Å². The molecule has 20 heavy (non-hydrogen) atoms. The van der Waals surface area contributed by atoms with E-state index >= 15 is 0 Å². The molecule has 3 unspecified atom stereocenters. The molecule has 1 saturated heterocycles. The minimum atomic E-state index is -0.0479. The van der Waals surface area contributed by atoms with Crippen LogP contribution in [-0.4, -0.2) is 41.5 Å². The Balaban J connectivity index is 1.90. The number of carbonyl (C=O) groups excluding carboxylic acids is 1. The molecule has 1 aliphatic carbocycles. The first-order chi connectivity index (χ1) is 9.59. The lowest BCUT2D eigenvalue weighted by atomic mass is 9.94. The topological polar surface area (TPSA) is 58.4 Å². The lowest BCUT2D eigenvalue weighted by molar-refractivity contribution is -0.128. The van der Waals surface area contributed by atoms with Crippen LogP contribution < -0.4 is 11.1 Å². The van der Waals surface area contributed by atoms with E-state index in [1.807, 2.05) is 6.92 Å². The van der Waals surface area contributed by atoms with Gasteiger partial charge in [0.25, 0.3) is 0 Å². The van der Waals surface area contributed by atoms with Crippen LogP contribution in [0.4, 0.5) is 0 Å². The minimum absolute atomic E-state index is 0.0479. The maximum absolute atomic E-state index is 12.5. The summed E-state index contributed by atoms with van der Waals surface area (Å²) in [5.41, 5.74) is 6.11. The summed E-state index contributed by atoms with van der Waals surface area (Å²) in [6.45, 7) is 5.11. The molecule has 2 fully saturated rings. The third kappa shape index (κ3) is 3.95. The molecule has 0 radical (unpaired) electrons. The fourth-order valence-electron chi connectivity index (χ4n) is 3.74. The number of piperidine rings is 1. The molecule has 4 nitrogen and oxygen atoms in total. The maximum atomic E-state index is 12.5. The van der Waals surface area contributed by atoms with Gasteiger partial charge in [-0.25, -0.2) is 0 Å². The molecule has 1 saturated carbocycles. The molecule has 0 bridgehead atoms. The van der Waals surface area contributed by atoms with Crippen LogP contribution in [0.3, 0.4) is 0 Å². The molecule has 4 heteroatoms. The Morgan fingerprint density at radius 3 is 2.40 bits per heavy atom. The van der Waals surface area contributed by atoms with Crippen molar-refractivity contribution in [3.8, 4) is 0 Å². The first kappa shape index (κ1) is 15.8. The summed E-state index contributed by atoms with van der Waals surface area (Å²) < 4.78 is 0. The molecule has 116 valence electrons. The van der Waals surface area contributed by atoms with Crippen molar-refractivity contribution in [2.24, 2.45) is 5.73 Å².